The molecule has 0 spiro atoms. The molecule has 0 amide bonds. The molecule has 0 saturated carbocycles. The molecule has 1 aromatic carbocycles. The number of rotatable bonds is 1. The van der Waals surface area contributed by atoms with Crippen LogP contribution in [0.3, 0.4) is 0 Å². The minimum atomic E-state index is 0.439. The van der Waals surface area contributed by atoms with E-state index in [2.05, 4.69) is 58.3 Å². The molecule has 1 unspecified atom stereocenters. The lowest BCUT2D eigenvalue weighted by atomic mass is 10.2. The predicted octanol–water partition coefficient (Wildman–Crippen LogP) is 3.66. The number of halogens is 1. The molecule has 1 N–H and O–H groups in total. The third-order valence-electron chi connectivity index (χ3n) is 2.21. The average molecular weight is 285 g/mol. The topological polar surface area (TPSA) is 24.4 Å². The second-order valence-electron chi connectivity index (χ2n) is 3.68. The third-order valence-corrected chi connectivity index (χ3v) is 4.23. The first-order valence-corrected chi connectivity index (χ1v) is 6.67. The van der Waals surface area contributed by atoms with Gasteiger partial charge in [0.05, 0.1) is 6.04 Å². The largest absolute Gasteiger partial charge is 0.335 e. The van der Waals surface area contributed by atoms with Gasteiger partial charge in [-0.25, -0.2) is 0 Å². The van der Waals surface area contributed by atoms with Gasteiger partial charge in [0.15, 0.2) is 5.17 Å². The smallest absolute Gasteiger partial charge is 0.161 e. The van der Waals surface area contributed by atoms with Gasteiger partial charge in [0, 0.05) is 15.9 Å². The summed E-state index contributed by atoms with van der Waals surface area (Å²) < 4.78 is 1.14. The van der Waals surface area contributed by atoms with Crippen molar-refractivity contribution in [2.24, 2.45) is 4.99 Å². The molecular weight excluding hydrogens is 272 g/mol. The van der Waals surface area contributed by atoms with Gasteiger partial charge in [0.25, 0.3) is 0 Å². The second kappa shape index (κ2) is 4.58. The molecule has 1 aliphatic rings. The number of hydrogen-bond donors (Lipinski definition) is 1. The average Bonchev–Trinajstić information content (AvgIpc) is 2.58. The highest BCUT2D eigenvalue weighted by molar-refractivity contribution is 9.10. The maximum Gasteiger partial charge on any atom is 0.161 e. The summed E-state index contributed by atoms with van der Waals surface area (Å²) in [7, 11) is 0. The zero-order valence-electron chi connectivity index (χ0n) is 8.75. The number of thioether (sulfide) groups is 1. The van der Waals surface area contributed by atoms with Gasteiger partial charge in [-0.1, -0.05) is 27.7 Å². The van der Waals surface area contributed by atoms with E-state index in [1.54, 1.807) is 11.8 Å². The highest BCUT2D eigenvalue weighted by Gasteiger charge is 2.13. The molecule has 1 atom stereocenters. The highest BCUT2D eigenvalue weighted by atomic mass is 79.9. The maximum absolute atomic E-state index is 4.49. The Morgan fingerprint density at radius 3 is 2.93 bits per heavy atom. The molecule has 0 fully saturated rings. The lowest BCUT2D eigenvalue weighted by molar-refractivity contribution is 0.865. The summed E-state index contributed by atoms with van der Waals surface area (Å²) in [6.45, 7) is 4.22. The molecule has 0 radical (unpaired) electrons. The second-order valence-corrected chi connectivity index (χ2v) is 5.55. The Kier molecular flexibility index (Phi) is 3.36. The van der Waals surface area contributed by atoms with Crippen molar-refractivity contribution in [2.45, 2.75) is 19.9 Å². The van der Waals surface area contributed by atoms with Crippen molar-refractivity contribution < 1.29 is 0 Å². The number of nitrogens with zero attached hydrogens (tertiary/aromatic N) is 1. The summed E-state index contributed by atoms with van der Waals surface area (Å²) in [5, 5.41) is 4.36. The van der Waals surface area contributed by atoms with E-state index < -0.39 is 0 Å². The van der Waals surface area contributed by atoms with Crippen molar-refractivity contribution in [1.29, 1.82) is 0 Å². The quantitative estimate of drug-likeness (QED) is 0.851. The standard InChI is InChI=1S/C11H13BrN2S/c1-7-5-9(3-4-10(7)12)14-11-13-8(2)6-15-11/h3-5,8H,6H2,1-2H3,(H,13,14). The van der Waals surface area contributed by atoms with Crippen molar-refractivity contribution in [3.63, 3.8) is 0 Å². The van der Waals surface area contributed by atoms with Crippen molar-refractivity contribution in [3.8, 4) is 0 Å². The molecular formula is C11H13BrN2S. The van der Waals surface area contributed by atoms with E-state index >= 15 is 0 Å². The van der Waals surface area contributed by atoms with E-state index in [-0.39, 0.29) is 0 Å². The predicted molar refractivity (Wildman–Crippen MR) is 71.9 cm³/mol. The Morgan fingerprint density at radius 2 is 2.33 bits per heavy atom. The molecule has 0 aliphatic carbocycles. The Hall–Kier alpha value is -0.480. The first kappa shape index (κ1) is 11.0. The Bertz CT molecular complexity index is 404. The highest BCUT2D eigenvalue weighted by Crippen LogP contribution is 2.23. The normalized spacial score (nSPS) is 20.2. The van der Waals surface area contributed by atoms with Crippen LogP contribution in [-0.2, 0) is 0 Å². The van der Waals surface area contributed by atoms with Crippen LogP contribution < -0.4 is 5.32 Å². The van der Waals surface area contributed by atoms with Gasteiger partial charge in [0.1, 0.15) is 0 Å². The summed E-state index contributed by atoms with van der Waals surface area (Å²) in [5.74, 6) is 1.08. The van der Waals surface area contributed by atoms with Gasteiger partial charge in [0.2, 0.25) is 0 Å². The summed E-state index contributed by atoms with van der Waals surface area (Å²) in [6, 6.07) is 6.68. The van der Waals surface area contributed by atoms with Crippen molar-refractivity contribution in [2.75, 3.05) is 11.1 Å². The summed E-state index contributed by atoms with van der Waals surface area (Å²) in [5.41, 5.74) is 2.34. The zero-order chi connectivity index (χ0) is 10.8. The van der Waals surface area contributed by atoms with Crippen LogP contribution in [0.15, 0.2) is 27.7 Å². The number of hydrogen-bond acceptors (Lipinski definition) is 3. The fraction of sp³-hybridized carbons (Fsp3) is 0.364. The molecule has 80 valence electrons. The monoisotopic (exact) mass is 284 g/mol. The van der Waals surface area contributed by atoms with Crippen molar-refractivity contribution >= 4 is 38.5 Å². The molecule has 0 bridgehead atoms. The van der Waals surface area contributed by atoms with Crippen LogP contribution in [0.25, 0.3) is 0 Å². The van der Waals surface area contributed by atoms with Crippen molar-refractivity contribution in [3.05, 3.63) is 28.2 Å². The number of aryl methyl sites for hydroxylation is 1. The molecule has 2 rings (SSSR count). The first-order chi connectivity index (χ1) is 7.15. The molecule has 1 aromatic rings. The van der Waals surface area contributed by atoms with E-state index in [0.29, 0.717) is 6.04 Å². The number of nitrogens with one attached hydrogen (secondary N) is 1. The summed E-state index contributed by atoms with van der Waals surface area (Å²) >= 11 is 5.27. The molecule has 1 aliphatic heterocycles. The summed E-state index contributed by atoms with van der Waals surface area (Å²) in [6.07, 6.45) is 0. The lowest BCUT2D eigenvalue weighted by Gasteiger charge is -2.06. The number of benzene rings is 1. The fourth-order valence-electron chi connectivity index (χ4n) is 1.39. The fourth-order valence-corrected chi connectivity index (χ4v) is 2.55. The molecule has 0 saturated heterocycles. The minimum Gasteiger partial charge on any atom is -0.335 e. The Labute approximate surface area is 103 Å². The van der Waals surface area contributed by atoms with Crippen LogP contribution in [-0.4, -0.2) is 17.0 Å². The van der Waals surface area contributed by atoms with Crippen LogP contribution >= 0.6 is 27.7 Å². The van der Waals surface area contributed by atoms with E-state index in [1.807, 2.05) is 0 Å². The molecule has 4 heteroatoms. The Balaban J connectivity index is 2.11. The van der Waals surface area contributed by atoms with Crippen molar-refractivity contribution in [1.82, 2.24) is 0 Å². The van der Waals surface area contributed by atoms with E-state index in [4.69, 9.17) is 0 Å². The molecule has 1 heterocycles. The van der Waals surface area contributed by atoms with Gasteiger partial charge < -0.3 is 5.32 Å². The lowest BCUT2D eigenvalue weighted by Crippen LogP contribution is -2.05. The third kappa shape index (κ3) is 2.75. The van der Waals surface area contributed by atoms with Crippen LogP contribution in [0.4, 0.5) is 5.69 Å². The van der Waals surface area contributed by atoms with E-state index in [1.165, 1.54) is 5.56 Å². The molecule has 2 nitrogen and oxygen atoms in total. The van der Waals surface area contributed by atoms with Crippen LogP contribution in [0.5, 0.6) is 0 Å². The van der Waals surface area contributed by atoms with Gasteiger partial charge in [-0.3, -0.25) is 4.99 Å². The number of anilines is 1. The van der Waals surface area contributed by atoms with Gasteiger partial charge in [-0.15, -0.1) is 0 Å². The first-order valence-electron chi connectivity index (χ1n) is 4.89. The van der Waals surface area contributed by atoms with Gasteiger partial charge >= 0.3 is 0 Å². The number of aliphatic imine (C=N–C) groups is 1. The maximum atomic E-state index is 4.49. The minimum absolute atomic E-state index is 0.439. The van der Waals surface area contributed by atoms with Crippen LogP contribution in [0.2, 0.25) is 0 Å². The van der Waals surface area contributed by atoms with Crippen LogP contribution in [0.1, 0.15) is 12.5 Å². The summed E-state index contributed by atoms with van der Waals surface area (Å²) in [4.78, 5) is 4.49. The van der Waals surface area contributed by atoms with Gasteiger partial charge in [-0.2, -0.15) is 0 Å². The Morgan fingerprint density at radius 1 is 1.53 bits per heavy atom. The zero-order valence-corrected chi connectivity index (χ0v) is 11.2. The van der Waals surface area contributed by atoms with Crippen LogP contribution in [0, 0.1) is 6.92 Å². The number of amidine groups is 1. The molecule has 15 heavy (non-hydrogen) atoms. The van der Waals surface area contributed by atoms with Gasteiger partial charge in [-0.05, 0) is 37.6 Å². The SMILES string of the molecule is Cc1cc(NC2=NC(C)CS2)ccc1Br. The molecule has 0 aromatic heterocycles. The van der Waals surface area contributed by atoms with E-state index in [9.17, 15) is 0 Å². The van der Waals surface area contributed by atoms with E-state index in [0.717, 1.165) is 21.1 Å².